The highest BCUT2D eigenvalue weighted by Crippen LogP contribution is 1.98. The quantitative estimate of drug-likeness (QED) is 0.637. The van der Waals surface area contributed by atoms with Gasteiger partial charge in [0, 0.05) is 19.4 Å². The minimum absolute atomic E-state index is 0.0342. The summed E-state index contributed by atoms with van der Waals surface area (Å²) in [5.41, 5.74) is 0. The van der Waals surface area contributed by atoms with E-state index in [2.05, 4.69) is 5.32 Å². The standard InChI is InChI=1S/C8H17NO4S/c1-6(5-10)4-9-8(11)7(2)14(3,12)13/h6-7,10H,4-5H2,1-3H3,(H,9,11). The summed E-state index contributed by atoms with van der Waals surface area (Å²) >= 11 is 0. The maximum atomic E-state index is 11.2. The highest BCUT2D eigenvalue weighted by molar-refractivity contribution is 7.92. The van der Waals surface area contributed by atoms with Crippen molar-refractivity contribution in [2.24, 2.45) is 5.92 Å². The fraction of sp³-hybridized carbons (Fsp3) is 0.875. The molecule has 2 atom stereocenters. The first kappa shape index (κ1) is 13.4. The first-order chi connectivity index (χ1) is 6.29. The van der Waals surface area contributed by atoms with E-state index >= 15 is 0 Å². The first-order valence-corrected chi connectivity index (χ1v) is 6.32. The molecule has 0 saturated heterocycles. The van der Waals surface area contributed by atoms with Gasteiger partial charge in [-0.15, -0.1) is 0 Å². The van der Waals surface area contributed by atoms with Gasteiger partial charge in [0.2, 0.25) is 5.91 Å². The Labute approximate surface area is 84.4 Å². The van der Waals surface area contributed by atoms with Crippen LogP contribution in [0.2, 0.25) is 0 Å². The number of aliphatic hydroxyl groups excluding tert-OH is 1. The highest BCUT2D eigenvalue weighted by atomic mass is 32.2. The van der Waals surface area contributed by atoms with Gasteiger partial charge in [-0.25, -0.2) is 8.42 Å². The molecule has 0 aliphatic heterocycles. The smallest absolute Gasteiger partial charge is 0.238 e. The predicted octanol–water partition coefficient (Wildman–Crippen LogP) is -0.836. The topological polar surface area (TPSA) is 83.5 Å². The Hall–Kier alpha value is -0.620. The number of rotatable bonds is 5. The van der Waals surface area contributed by atoms with Crippen LogP contribution in [0.4, 0.5) is 0 Å². The van der Waals surface area contributed by atoms with Gasteiger partial charge in [-0.05, 0) is 12.8 Å². The molecule has 14 heavy (non-hydrogen) atoms. The van der Waals surface area contributed by atoms with Crippen LogP contribution in [0.1, 0.15) is 13.8 Å². The Balaban J connectivity index is 4.11. The molecule has 0 spiro atoms. The van der Waals surface area contributed by atoms with E-state index in [1.165, 1.54) is 6.92 Å². The van der Waals surface area contributed by atoms with Crippen LogP contribution in [0.5, 0.6) is 0 Å². The van der Waals surface area contributed by atoms with Crippen molar-refractivity contribution in [2.75, 3.05) is 19.4 Å². The lowest BCUT2D eigenvalue weighted by atomic mass is 10.2. The number of amides is 1. The molecule has 0 fully saturated rings. The summed E-state index contributed by atoms with van der Waals surface area (Å²) in [6.45, 7) is 3.35. The zero-order valence-corrected chi connectivity index (χ0v) is 9.47. The summed E-state index contributed by atoms with van der Waals surface area (Å²) in [4.78, 5) is 11.2. The van der Waals surface area contributed by atoms with Gasteiger partial charge in [0.15, 0.2) is 9.84 Å². The summed E-state index contributed by atoms with van der Waals surface area (Å²) in [6, 6.07) is 0. The zero-order chi connectivity index (χ0) is 11.4. The number of nitrogens with one attached hydrogen (secondary N) is 1. The molecule has 0 saturated carbocycles. The third-order valence-electron chi connectivity index (χ3n) is 1.95. The fourth-order valence-corrected chi connectivity index (χ4v) is 1.15. The van der Waals surface area contributed by atoms with Gasteiger partial charge in [-0.1, -0.05) is 6.92 Å². The maximum absolute atomic E-state index is 11.2. The third-order valence-corrected chi connectivity index (χ3v) is 3.45. The molecule has 0 radical (unpaired) electrons. The predicted molar refractivity (Wildman–Crippen MR) is 53.6 cm³/mol. The van der Waals surface area contributed by atoms with Crippen molar-refractivity contribution in [1.82, 2.24) is 5.32 Å². The van der Waals surface area contributed by atoms with Crippen molar-refractivity contribution < 1.29 is 18.3 Å². The van der Waals surface area contributed by atoms with E-state index in [4.69, 9.17) is 5.11 Å². The minimum Gasteiger partial charge on any atom is -0.396 e. The second kappa shape index (κ2) is 5.31. The largest absolute Gasteiger partial charge is 0.396 e. The third kappa shape index (κ3) is 4.57. The summed E-state index contributed by atoms with van der Waals surface area (Å²) in [5, 5.41) is 10.1. The lowest BCUT2D eigenvalue weighted by Gasteiger charge is -2.12. The molecular weight excluding hydrogens is 206 g/mol. The van der Waals surface area contributed by atoms with Crippen LogP contribution < -0.4 is 5.32 Å². The molecular formula is C8H17NO4S. The Bertz CT molecular complexity index is 286. The SMILES string of the molecule is CC(CO)CNC(=O)C(C)S(C)(=O)=O. The second-order valence-electron chi connectivity index (χ2n) is 3.50. The Morgan fingerprint density at radius 2 is 1.93 bits per heavy atom. The van der Waals surface area contributed by atoms with Crippen molar-refractivity contribution in [2.45, 2.75) is 19.1 Å². The van der Waals surface area contributed by atoms with Crippen LogP contribution >= 0.6 is 0 Å². The molecule has 0 aromatic rings. The molecule has 0 heterocycles. The van der Waals surface area contributed by atoms with Crippen LogP contribution in [0.15, 0.2) is 0 Å². The van der Waals surface area contributed by atoms with E-state index in [-0.39, 0.29) is 19.1 Å². The molecule has 0 rings (SSSR count). The molecule has 2 N–H and O–H groups in total. The van der Waals surface area contributed by atoms with Gasteiger partial charge in [-0.2, -0.15) is 0 Å². The van der Waals surface area contributed by atoms with Crippen molar-refractivity contribution >= 4 is 15.7 Å². The molecule has 0 aromatic carbocycles. The minimum atomic E-state index is -3.33. The first-order valence-electron chi connectivity index (χ1n) is 4.36. The molecule has 84 valence electrons. The lowest BCUT2D eigenvalue weighted by molar-refractivity contribution is -0.120. The van der Waals surface area contributed by atoms with E-state index < -0.39 is 21.0 Å². The summed E-state index contributed by atoms with van der Waals surface area (Å²) in [5.74, 6) is -0.585. The van der Waals surface area contributed by atoms with E-state index in [9.17, 15) is 13.2 Å². The number of sulfone groups is 1. The Morgan fingerprint density at radius 3 is 2.29 bits per heavy atom. The van der Waals surface area contributed by atoms with Gasteiger partial charge < -0.3 is 10.4 Å². The molecule has 6 heteroatoms. The van der Waals surface area contributed by atoms with E-state index in [1.807, 2.05) is 0 Å². The number of aliphatic hydroxyl groups is 1. The number of carbonyl (C=O) groups excluding carboxylic acids is 1. The van der Waals surface area contributed by atoms with Gasteiger partial charge in [-0.3, -0.25) is 4.79 Å². The van der Waals surface area contributed by atoms with Crippen LogP contribution in [0.25, 0.3) is 0 Å². The Morgan fingerprint density at radius 1 is 1.43 bits per heavy atom. The molecule has 0 aliphatic rings. The van der Waals surface area contributed by atoms with Crippen LogP contribution in [0, 0.1) is 5.92 Å². The summed E-state index contributed by atoms with van der Waals surface area (Å²) in [6.07, 6.45) is 1.02. The normalized spacial score (nSPS) is 16.0. The average Bonchev–Trinajstić information content (AvgIpc) is 2.10. The zero-order valence-electron chi connectivity index (χ0n) is 8.65. The fourth-order valence-electron chi connectivity index (χ4n) is 0.678. The van der Waals surface area contributed by atoms with Gasteiger partial charge in [0.1, 0.15) is 5.25 Å². The van der Waals surface area contributed by atoms with Crippen LogP contribution in [-0.2, 0) is 14.6 Å². The molecule has 0 bridgehead atoms. The number of hydrogen-bond acceptors (Lipinski definition) is 4. The van der Waals surface area contributed by atoms with E-state index in [0.717, 1.165) is 6.26 Å². The Kier molecular flexibility index (Phi) is 5.07. The van der Waals surface area contributed by atoms with Gasteiger partial charge >= 0.3 is 0 Å². The molecule has 2 unspecified atom stereocenters. The summed E-state index contributed by atoms with van der Waals surface area (Å²) in [7, 11) is -3.33. The van der Waals surface area contributed by atoms with Crippen molar-refractivity contribution in [1.29, 1.82) is 0 Å². The molecule has 5 nitrogen and oxygen atoms in total. The van der Waals surface area contributed by atoms with Crippen LogP contribution in [-0.4, -0.2) is 44.1 Å². The highest BCUT2D eigenvalue weighted by Gasteiger charge is 2.23. The van der Waals surface area contributed by atoms with E-state index in [0.29, 0.717) is 0 Å². The second-order valence-corrected chi connectivity index (χ2v) is 5.87. The van der Waals surface area contributed by atoms with Crippen molar-refractivity contribution in [3.05, 3.63) is 0 Å². The summed E-state index contributed by atoms with van der Waals surface area (Å²) < 4.78 is 22.0. The molecule has 0 aliphatic carbocycles. The van der Waals surface area contributed by atoms with Crippen molar-refractivity contribution in [3.8, 4) is 0 Å². The average molecular weight is 223 g/mol. The monoisotopic (exact) mass is 223 g/mol. The van der Waals surface area contributed by atoms with Crippen LogP contribution in [0.3, 0.4) is 0 Å². The molecule has 1 amide bonds. The lowest BCUT2D eigenvalue weighted by Crippen LogP contribution is -2.39. The van der Waals surface area contributed by atoms with E-state index in [1.54, 1.807) is 6.92 Å². The number of carbonyl (C=O) groups is 1. The van der Waals surface area contributed by atoms with Gasteiger partial charge in [0.05, 0.1) is 0 Å². The molecule has 0 aromatic heterocycles. The van der Waals surface area contributed by atoms with Gasteiger partial charge in [0.25, 0.3) is 0 Å². The maximum Gasteiger partial charge on any atom is 0.238 e. The number of hydrogen-bond donors (Lipinski definition) is 2. The van der Waals surface area contributed by atoms with Crippen molar-refractivity contribution in [3.63, 3.8) is 0 Å².